The first-order valence-electron chi connectivity index (χ1n) is 7.37. The highest BCUT2D eigenvalue weighted by molar-refractivity contribution is 5.93. The topological polar surface area (TPSA) is 47.2 Å². The van der Waals surface area contributed by atoms with Crippen LogP contribution in [0.1, 0.15) is 53.9 Å². The van der Waals surface area contributed by atoms with E-state index in [0.717, 1.165) is 29.9 Å². The highest BCUT2D eigenvalue weighted by Gasteiger charge is 2.35. The molecule has 0 aromatic carbocycles. The second-order valence-corrected chi connectivity index (χ2v) is 6.81. The van der Waals surface area contributed by atoms with E-state index >= 15 is 0 Å². The van der Waals surface area contributed by atoms with Crippen LogP contribution in [0.4, 0.5) is 0 Å². The molecule has 0 spiro atoms. The Balaban J connectivity index is 1.88. The summed E-state index contributed by atoms with van der Waals surface area (Å²) in [7, 11) is 1.88. The molecule has 0 saturated carbocycles. The van der Waals surface area contributed by atoms with Crippen molar-refractivity contribution >= 4 is 5.91 Å². The Kier molecular flexibility index (Phi) is 3.19. The summed E-state index contributed by atoms with van der Waals surface area (Å²) in [6.07, 6.45) is 3.73. The molecule has 1 aliphatic rings. The molecule has 21 heavy (non-hydrogen) atoms. The minimum absolute atomic E-state index is 0.0172. The van der Waals surface area contributed by atoms with Crippen molar-refractivity contribution < 1.29 is 9.21 Å². The van der Waals surface area contributed by atoms with Crippen LogP contribution in [0, 0.1) is 12.3 Å². The summed E-state index contributed by atoms with van der Waals surface area (Å²) in [6, 6.07) is 5.79. The zero-order valence-electron chi connectivity index (χ0n) is 13.1. The Morgan fingerprint density at radius 3 is 2.90 bits per heavy atom. The Morgan fingerprint density at radius 2 is 2.24 bits per heavy atom. The number of fused-ring (bicyclic) bond motifs is 1. The van der Waals surface area contributed by atoms with Gasteiger partial charge in [0.15, 0.2) is 0 Å². The number of rotatable bonds is 2. The fraction of sp³-hybridized carbons (Fsp3) is 0.471. The molecule has 2 aromatic rings. The fourth-order valence-electron chi connectivity index (χ4n) is 3.24. The molecular weight excluding hydrogens is 264 g/mol. The number of hydrogen-bond donors (Lipinski definition) is 1. The molecule has 1 aliphatic carbocycles. The molecule has 112 valence electrons. The van der Waals surface area contributed by atoms with Crippen molar-refractivity contribution in [3.8, 4) is 0 Å². The van der Waals surface area contributed by atoms with E-state index in [2.05, 4.69) is 25.2 Å². The first kappa shape index (κ1) is 14.0. The van der Waals surface area contributed by atoms with Gasteiger partial charge in [-0.3, -0.25) is 4.79 Å². The third-order valence-corrected chi connectivity index (χ3v) is 4.22. The summed E-state index contributed by atoms with van der Waals surface area (Å²) >= 11 is 0. The van der Waals surface area contributed by atoms with Crippen molar-refractivity contribution in [1.82, 2.24) is 9.88 Å². The number of furan rings is 1. The minimum Gasteiger partial charge on any atom is -0.466 e. The van der Waals surface area contributed by atoms with E-state index in [-0.39, 0.29) is 17.4 Å². The van der Waals surface area contributed by atoms with Crippen LogP contribution in [0.15, 0.2) is 28.8 Å². The summed E-state index contributed by atoms with van der Waals surface area (Å²) in [4.78, 5) is 12.5. The van der Waals surface area contributed by atoms with Gasteiger partial charge in [-0.1, -0.05) is 13.8 Å². The predicted octanol–water partition coefficient (Wildman–Crippen LogP) is 3.37. The zero-order valence-corrected chi connectivity index (χ0v) is 13.1. The van der Waals surface area contributed by atoms with Gasteiger partial charge in [0.25, 0.3) is 5.91 Å². The van der Waals surface area contributed by atoms with Gasteiger partial charge in [-0.2, -0.15) is 0 Å². The number of nitrogens with zero attached hydrogens (tertiary/aromatic N) is 1. The standard InChI is InChI=1S/C17H22N2O2/c1-11-8-12-13(9-17(2,3)10-15(12)21-11)18-16(20)14-6-5-7-19(14)4/h5-8,13H,9-10H2,1-4H3,(H,18,20). The number of carbonyl (C=O) groups is 1. The molecule has 0 saturated heterocycles. The normalized spacial score (nSPS) is 20.1. The molecule has 1 N–H and O–H groups in total. The molecule has 1 atom stereocenters. The second-order valence-electron chi connectivity index (χ2n) is 6.81. The smallest absolute Gasteiger partial charge is 0.268 e. The lowest BCUT2D eigenvalue weighted by molar-refractivity contribution is 0.0909. The van der Waals surface area contributed by atoms with Gasteiger partial charge in [0, 0.05) is 25.2 Å². The minimum atomic E-state index is -0.0324. The van der Waals surface area contributed by atoms with E-state index in [1.807, 2.05) is 36.9 Å². The van der Waals surface area contributed by atoms with Crippen molar-refractivity contribution in [2.45, 2.75) is 39.7 Å². The van der Waals surface area contributed by atoms with E-state index in [4.69, 9.17) is 4.42 Å². The van der Waals surface area contributed by atoms with Crippen LogP contribution in [0.2, 0.25) is 0 Å². The van der Waals surface area contributed by atoms with Crippen molar-refractivity contribution in [2.24, 2.45) is 12.5 Å². The van der Waals surface area contributed by atoms with Gasteiger partial charge in [-0.25, -0.2) is 0 Å². The molecule has 0 bridgehead atoms. The maximum Gasteiger partial charge on any atom is 0.268 e. The average molecular weight is 286 g/mol. The summed E-state index contributed by atoms with van der Waals surface area (Å²) < 4.78 is 7.65. The summed E-state index contributed by atoms with van der Waals surface area (Å²) in [5.74, 6) is 1.90. The molecule has 3 rings (SSSR count). The van der Waals surface area contributed by atoms with Gasteiger partial charge >= 0.3 is 0 Å². The van der Waals surface area contributed by atoms with Crippen molar-refractivity contribution in [3.63, 3.8) is 0 Å². The number of amides is 1. The summed E-state index contributed by atoms with van der Waals surface area (Å²) in [5.41, 5.74) is 1.94. The van der Waals surface area contributed by atoms with Gasteiger partial charge in [-0.15, -0.1) is 0 Å². The maximum atomic E-state index is 12.5. The van der Waals surface area contributed by atoms with E-state index in [9.17, 15) is 4.79 Å². The first-order chi connectivity index (χ1) is 9.85. The molecule has 4 nitrogen and oxygen atoms in total. The summed E-state index contributed by atoms with van der Waals surface area (Å²) in [6.45, 7) is 6.40. The Morgan fingerprint density at radius 1 is 1.48 bits per heavy atom. The van der Waals surface area contributed by atoms with Gasteiger partial charge in [0.1, 0.15) is 17.2 Å². The number of carbonyl (C=O) groups excluding carboxylic acids is 1. The third-order valence-electron chi connectivity index (χ3n) is 4.22. The molecule has 4 heteroatoms. The SMILES string of the molecule is Cc1cc2c(o1)CC(C)(C)CC2NC(=O)c1cccn1C. The molecule has 2 heterocycles. The van der Waals surface area contributed by atoms with Crippen molar-refractivity contribution in [1.29, 1.82) is 0 Å². The molecule has 0 aliphatic heterocycles. The van der Waals surface area contributed by atoms with E-state index < -0.39 is 0 Å². The van der Waals surface area contributed by atoms with Crippen LogP contribution in [0.5, 0.6) is 0 Å². The van der Waals surface area contributed by atoms with E-state index in [0.29, 0.717) is 5.69 Å². The maximum absolute atomic E-state index is 12.5. The van der Waals surface area contributed by atoms with Crippen LogP contribution >= 0.6 is 0 Å². The predicted molar refractivity (Wildman–Crippen MR) is 81.2 cm³/mol. The van der Waals surface area contributed by atoms with Gasteiger partial charge in [0.05, 0.1) is 6.04 Å². The molecule has 0 fully saturated rings. The number of aryl methyl sites for hydroxylation is 2. The van der Waals surface area contributed by atoms with Crippen LogP contribution < -0.4 is 5.32 Å². The van der Waals surface area contributed by atoms with Gasteiger partial charge < -0.3 is 14.3 Å². The second kappa shape index (κ2) is 4.79. The highest BCUT2D eigenvalue weighted by Crippen LogP contribution is 2.42. The third kappa shape index (κ3) is 2.62. The lowest BCUT2D eigenvalue weighted by Crippen LogP contribution is -2.36. The Bertz CT molecular complexity index is 679. The lowest BCUT2D eigenvalue weighted by Gasteiger charge is -2.34. The highest BCUT2D eigenvalue weighted by atomic mass is 16.3. The first-order valence-corrected chi connectivity index (χ1v) is 7.37. The Hall–Kier alpha value is -1.97. The van der Waals surface area contributed by atoms with Gasteiger partial charge in [-0.05, 0) is 37.0 Å². The summed E-state index contributed by atoms with van der Waals surface area (Å²) in [5, 5.41) is 3.17. The fourth-order valence-corrected chi connectivity index (χ4v) is 3.24. The van der Waals surface area contributed by atoms with E-state index in [1.54, 1.807) is 0 Å². The number of hydrogen-bond acceptors (Lipinski definition) is 2. The molecule has 1 unspecified atom stereocenters. The molecule has 1 amide bonds. The Labute approximate surface area is 125 Å². The monoisotopic (exact) mass is 286 g/mol. The quantitative estimate of drug-likeness (QED) is 0.920. The van der Waals surface area contributed by atoms with Crippen LogP contribution in [-0.4, -0.2) is 10.5 Å². The van der Waals surface area contributed by atoms with Crippen LogP contribution in [0.25, 0.3) is 0 Å². The largest absolute Gasteiger partial charge is 0.466 e. The number of aromatic nitrogens is 1. The van der Waals surface area contributed by atoms with Gasteiger partial charge in [0.2, 0.25) is 0 Å². The van der Waals surface area contributed by atoms with E-state index in [1.165, 1.54) is 0 Å². The lowest BCUT2D eigenvalue weighted by atomic mass is 9.74. The van der Waals surface area contributed by atoms with Crippen LogP contribution in [0.3, 0.4) is 0 Å². The van der Waals surface area contributed by atoms with Crippen molar-refractivity contribution in [2.75, 3.05) is 0 Å². The zero-order chi connectivity index (χ0) is 15.2. The molecule has 2 aromatic heterocycles. The molecular formula is C17H22N2O2. The van der Waals surface area contributed by atoms with Crippen LogP contribution in [-0.2, 0) is 13.5 Å². The van der Waals surface area contributed by atoms with Crippen molar-refractivity contribution in [3.05, 3.63) is 47.2 Å². The molecule has 0 radical (unpaired) electrons. The number of nitrogens with one attached hydrogen (secondary N) is 1. The average Bonchev–Trinajstić information content (AvgIpc) is 2.93.